The fourth-order valence-electron chi connectivity index (χ4n) is 3.07. The van der Waals surface area contributed by atoms with Crippen molar-refractivity contribution in [2.45, 2.75) is 25.0 Å². The highest BCUT2D eigenvalue weighted by Gasteiger charge is 2.32. The highest BCUT2D eigenvalue weighted by molar-refractivity contribution is 5.23. The molecule has 1 saturated heterocycles. The van der Waals surface area contributed by atoms with Crippen molar-refractivity contribution in [3.63, 3.8) is 0 Å². The Balaban J connectivity index is 1.72. The van der Waals surface area contributed by atoms with Crippen LogP contribution in [0.15, 0.2) is 30.6 Å². The molecule has 1 aromatic carbocycles. The largest absolute Gasteiger partial charge is 0.392 e. The van der Waals surface area contributed by atoms with Crippen LogP contribution in [0.25, 0.3) is 0 Å². The van der Waals surface area contributed by atoms with E-state index in [0.29, 0.717) is 18.5 Å². The number of aromatic nitrogens is 2. The van der Waals surface area contributed by atoms with Crippen molar-refractivity contribution in [2.75, 3.05) is 13.1 Å². The number of nitrogens with zero attached hydrogens (tertiary/aromatic N) is 3. The summed E-state index contributed by atoms with van der Waals surface area (Å²) in [6.45, 7) is 1.29. The number of aliphatic hydroxyl groups excluding tert-OH is 1. The summed E-state index contributed by atoms with van der Waals surface area (Å²) in [7, 11) is 1.87. The molecule has 0 aliphatic carbocycles. The number of hydrogen-bond donors (Lipinski definition) is 1. The SMILES string of the molecule is Cn1cc(CCN2C[C@H](O)C[C@H]2c2ccc(F)c(F)c2)cn1. The van der Waals surface area contributed by atoms with E-state index < -0.39 is 17.7 Å². The highest BCUT2D eigenvalue weighted by Crippen LogP contribution is 2.32. The van der Waals surface area contributed by atoms with E-state index in [1.807, 2.05) is 19.4 Å². The molecular weight excluding hydrogens is 288 g/mol. The van der Waals surface area contributed by atoms with E-state index in [1.165, 1.54) is 6.07 Å². The van der Waals surface area contributed by atoms with Crippen LogP contribution in [0.1, 0.15) is 23.6 Å². The minimum atomic E-state index is -0.843. The smallest absolute Gasteiger partial charge is 0.159 e. The van der Waals surface area contributed by atoms with E-state index in [1.54, 1.807) is 10.7 Å². The monoisotopic (exact) mass is 307 g/mol. The average molecular weight is 307 g/mol. The topological polar surface area (TPSA) is 41.3 Å². The maximum Gasteiger partial charge on any atom is 0.159 e. The molecule has 0 spiro atoms. The Labute approximate surface area is 128 Å². The number of β-amino-alcohol motifs (C(OH)–C–C–N with tert-alkyl or cyclic N) is 1. The lowest BCUT2D eigenvalue weighted by atomic mass is 10.0. The van der Waals surface area contributed by atoms with Crippen molar-refractivity contribution in [3.8, 4) is 0 Å². The Morgan fingerprint density at radius 3 is 2.82 bits per heavy atom. The number of benzene rings is 1. The van der Waals surface area contributed by atoms with Crippen molar-refractivity contribution >= 4 is 0 Å². The van der Waals surface area contributed by atoms with Gasteiger partial charge in [-0.15, -0.1) is 0 Å². The first kappa shape index (κ1) is 15.1. The molecule has 2 atom stereocenters. The Morgan fingerprint density at radius 1 is 1.32 bits per heavy atom. The first-order chi connectivity index (χ1) is 10.5. The summed E-state index contributed by atoms with van der Waals surface area (Å²) in [6.07, 6.45) is 4.68. The van der Waals surface area contributed by atoms with Gasteiger partial charge in [0.25, 0.3) is 0 Å². The number of aliphatic hydroxyl groups is 1. The van der Waals surface area contributed by atoms with E-state index in [-0.39, 0.29) is 6.04 Å². The lowest BCUT2D eigenvalue weighted by molar-refractivity contribution is 0.175. The van der Waals surface area contributed by atoms with Crippen molar-refractivity contribution in [3.05, 3.63) is 53.4 Å². The number of likely N-dealkylation sites (tertiary alicyclic amines) is 1. The minimum Gasteiger partial charge on any atom is -0.392 e. The summed E-state index contributed by atoms with van der Waals surface area (Å²) in [5.74, 6) is -1.68. The molecule has 4 nitrogen and oxygen atoms in total. The van der Waals surface area contributed by atoms with Gasteiger partial charge in [0.05, 0.1) is 12.3 Å². The molecule has 6 heteroatoms. The van der Waals surface area contributed by atoms with Gasteiger partial charge in [-0.2, -0.15) is 5.10 Å². The van der Waals surface area contributed by atoms with Crippen LogP contribution in [-0.4, -0.2) is 39.0 Å². The molecule has 2 aromatic rings. The van der Waals surface area contributed by atoms with Gasteiger partial charge >= 0.3 is 0 Å². The molecule has 0 saturated carbocycles. The second kappa shape index (κ2) is 6.14. The zero-order valence-corrected chi connectivity index (χ0v) is 12.4. The van der Waals surface area contributed by atoms with E-state index in [4.69, 9.17) is 0 Å². The van der Waals surface area contributed by atoms with Crippen LogP contribution >= 0.6 is 0 Å². The fraction of sp³-hybridized carbons (Fsp3) is 0.438. The van der Waals surface area contributed by atoms with Crippen LogP contribution in [0.3, 0.4) is 0 Å². The lowest BCUT2D eigenvalue weighted by Gasteiger charge is -2.24. The Kier molecular flexibility index (Phi) is 4.22. The zero-order valence-electron chi connectivity index (χ0n) is 12.4. The molecule has 3 rings (SSSR count). The van der Waals surface area contributed by atoms with Crippen LogP contribution in [0.2, 0.25) is 0 Å². The number of hydrogen-bond acceptors (Lipinski definition) is 3. The molecule has 0 unspecified atom stereocenters. The van der Waals surface area contributed by atoms with E-state index in [9.17, 15) is 13.9 Å². The summed E-state index contributed by atoms with van der Waals surface area (Å²) in [5.41, 5.74) is 1.83. The third-order valence-electron chi connectivity index (χ3n) is 4.16. The molecular formula is C16H19F2N3O. The van der Waals surface area contributed by atoms with Gasteiger partial charge in [0.1, 0.15) is 0 Å². The van der Waals surface area contributed by atoms with Gasteiger partial charge in [0.2, 0.25) is 0 Å². The molecule has 118 valence electrons. The van der Waals surface area contributed by atoms with Gasteiger partial charge < -0.3 is 5.11 Å². The van der Waals surface area contributed by atoms with Crippen LogP contribution in [0.4, 0.5) is 8.78 Å². The van der Waals surface area contributed by atoms with Crippen LogP contribution in [0.5, 0.6) is 0 Å². The Morgan fingerprint density at radius 2 is 2.14 bits per heavy atom. The number of rotatable bonds is 4. The molecule has 1 fully saturated rings. The summed E-state index contributed by atoms with van der Waals surface area (Å²) < 4.78 is 28.3. The summed E-state index contributed by atoms with van der Waals surface area (Å²) >= 11 is 0. The Bertz CT molecular complexity index is 659. The van der Waals surface area contributed by atoms with Crippen LogP contribution in [0, 0.1) is 11.6 Å². The summed E-state index contributed by atoms with van der Waals surface area (Å²) in [6, 6.07) is 3.89. The zero-order chi connectivity index (χ0) is 15.7. The van der Waals surface area contributed by atoms with Crippen LogP contribution in [-0.2, 0) is 13.5 Å². The number of aryl methyl sites for hydroxylation is 1. The third kappa shape index (κ3) is 3.18. The van der Waals surface area contributed by atoms with Crippen molar-refractivity contribution in [1.29, 1.82) is 0 Å². The second-order valence-corrected chi connectivity index (χ2v) is 5.85. The predicted molar refractivity (Wildman–Crippen MR) is 78.2 cm³/mol. The third-order valence-corrected chi connectivity index (χ3v) is 4.16. The summed E-state index contributed by atoms with van der Waals surface area (Å²) in [5, 5.41) is 14.1. The first-order valence-electron chi connectivity index (χ1n) is 7.37. The lowest BCUT2D eigenvalue weighted by Crippen LogP contribution is -2.27. The second-order valence-electron chi connectivity index (χ2n) is 5.85. The van der Waals surface area contributed by atoms with Gasteiger partial charge in [0, 0.05) is 32.4 Å². The molecule has 2 heterocycles. The van der Waals surface area contributed by atoms with Gasteiger partial charge in [-0.25, -0.2) is 8.78 Å². The minimum absolute atomic E-state index is 0.0817. The Hall–Kier alpha value is -1.79. The fourth-order valence-corrected chi connectivity index (χ4v) is 3.07. The van der Waals surface area contributed by atoms with E-state index in [2.05, 4.69) is 10.00 Å². The molecule has 1 aromatic heterocycles. The van der Waals surface area contributed by atoms with Gasteiger partial charge in [-0.05, 0) is 36.1 Å². The normalized spacial score (nSPS) is 22.4. The van der Waals surface area contributed by atoms with Gasteiger partial charge in [-0.1, -0.05) is 6.07 Å². The van der Waals surface area contributed by atoms with E-state index in [0.717, 1.165) is 24.6 Å². The first-order valence-corrected chi connectivity index (χ1v) is 7.37. The quantitative estimate of drug-likeness (QED) is 0.940. The molecule has 22 heavy (non-hydrogen) atoms. The molecule has 0 amide bonds. The molecule has 0 bridgehead atoms. The standard InChI is InChI=1S/C16H19F2N3O/c1-20-9-11(8-19-20)4-5-21-10-13(22)7-16(21)12-2-3-14(17)15(18)6-12/h2-3,6,8-9,13,16,22H,4-5,7,10H2,1H3/t13-,16+/m1/s1. The molecule has 1 N–H and O–H groups in total. The summed E-state index contributed by atoms with van der Waals surface area (Å²) in [4.78, 5) is 2.12. The maximum absolute atomic E-state index is 13.4. The molecule has 0 radical (unpaired) electrons. The van der Waals surface area contributed by atoms with Gasteiger partial charge in [-0.3, -0.25) is 9.58 Å². The highest BCUT2D eigenvalue weighted by atomic mass is 19.2. The van der Waals surface area contributed by atoms with Crippen LogP contribution < -0.4 is 0 Å². The van der Waals surface area contributed by atoms with Crippen molar-refractivity contribution in [2.24, 2.45) is 7.05 Å². The molecule has 1 aliphatic heterocycles. The molecule has 1 aliphatic rings. The maximum atomic E-state index is 13.4. The van der Waals surface area contributed by atoms with Crippen molar-refractivity contribution in [1.82, 2.24) is 14.7 Å². The van der Waals surface area contributed by atoms with Crippen molar-refractivity contribution < 1.29 is 13.9 Å². The number of halogens is 2. The predicted octanol–water partition coefficient (Wildman–Crippen LogP) is 2.05. The average Bonchev–Trinajstić information content (AvgIpc) is 3.05. The van der Waals surface area contributed by atoms with E-state index >= 15 is 0 Å². The van der Waals surface area contributed by atoms with Gasteiger partial charge in [0.15, 0.2) is 11.6 Å².